The molecule has 5 nitrogen and oxygen atoms in total. The summed E-state index contributed by atoms with van der Waals surface area (Å²) in [5.74, 6) is 1.47. The molecule has 0 radical (unpaired) electrons. The molecule has 0 bridgehead atoms. The molecule has 1 aromatic heterocycles. The number of thioether (sulfide) groups is 1. The first-order valence-electron chi connectivity index (χ1n) is 9.04. The lowest BCUT2D eigenvalue weighted by molar-refractivity contribution is 0.301. The van der Waals surface area contributed by atoms with E-state index >= 15 is 0 Å². The second kappa shape index (κ2) is 7.72. The number of aliphatic imine (C=N–C) groups is 1. The van der Waals surface area contributed by atoms with Gasteiger partial charge in [-0.05, 0) is 52.7 Å². The van der Waals surface area contributed by atoms with E-state index in [0.717, 1.165) is 38.9 Å². The second-order valence-corrected chi connectivity index (χ2v) is 8.86. The van der Waals surface area contributed by atoms with Crippen LogP contribution >= 0.6 is 27.7 Å². The Morgan fingerprint density at radius 1 is 1.33 bits per heavy atom. The highest BCUT2D eigenvalue weighted by atomic mass is 79.9. The predicted octanol–water partition coefficient (Wildman–Crippen LogP) is 4.84. The van der Waals surface area contributed by atoms with Crippen molar-refractivity contribution < 1.29 is 9.47 Å². The molecule has 0 spiro atoms. The number of benzene rings is 1. The third kappa shape index (κ3) is 3.43. The van der Waals surface area contributed by atoms with E-state index in [9.17, 15) is 0 Å². The highest BCUT2D eigenvalue weighted by Crippen LogP contribution is 2.49. The molecule has 142 valence electrons. The second-order valence-electron chi connectivity index (χ2n) is 6.60. The molecule has 7 heteroatoms. The Morgan fingerprint density at radius 2 is 2.19 bits per heavy atom. The Bertz CT molecular complexity index is 862. The fourth-order valence-electron chi connectivity index (χ4n) is 3.70. The third-order valence-corrected chi connectivity index (χ3v) is 6.45. The van der Waals surface area contributed by atoms with Gasteiger partial charge in [0.25, 0.3) is 0 Å². The lowest BCUT2D eigenvalue weighted by Crippen LogP contribution is -2.28. The molecule has 1 aromatic carbocycles. The van der Waals surface area contributed by atoms with Crippen LogP contribution in [0.5, 0.6) is 11.5 Å². The van der Waals surface area contributed by atoms with Crippen molar-refractivity contribution in [1.82, 2.24) is 9.88 Å². The minimum absolute atomic E-state index is 0.0315. The van der Waals surface area contributed by atoms with Crippen LogP contribution in [0.4, 0.5) is 0 Å². The van der Waals surface area contributed by atoms with Crippen LogP contribution in [0.2, 0.25) is 0 Å². The molecule has 3 atom stereocenters. The zero-order valence-electron chi connectivity index (χ0n) is 15.6. The van der Waals surface area contributed by atoms with E-state index in [0.29, 0.717) is 11.9 Å². The van der Waals surface area contributed by atoms with E-state index in [1.807, 2.05) is 37.0 Å². The van der Waals surface area contributed by atoms with Gasteiger partial charge < -0.3 is 14.4 Å². The maximum absolute atomic E-state index is 5.85. The van der Waals surface area contributed by atoms with Gasteiger partial charge in [0.05, 0.1) is 29.9 Å². The number of fused-ring (bicyclic) bond motifs is 1. The number of pyridine rings is 1. The first-order chi connectivity index (χ1) is 13.1. The summed E-state index contributed by atoms with van der Waals surface area (Å²) in [7, 11) is 1.66. The number of nitrogens with zero attached hydrogens (tertiary/aromatic N) is 3. The normalized spacial score (nSPS) is 23.9. The van der Waals surface area contributed by atoms with Crippen molar-refractivity contribution in [2.45, 2.75) is 31.2 Å². The fraction of sp³-hybridized carbons (Fsp3) is 0.400. The SMILES string of the molecule is CCOc1cc([C@@H]2[C@H](c3ccccn3)N=C3S[C@@H](C)CN32)cc(Br)c1OC. The Balaban J connectivity index is 1.80. The molecular weight excluding hydrogens is 426 g/mol. The van der Waals surface area contributed by atoms with Crippen LogP contribution in [0.15, 0.2) is 46.0 Å². The number of hydrogen-bond donors (Lipinski definition) is 0. The van der Waals surface area contributed by atoms with Gasteiger partial charge in [0.15, 0.2) is 16.7 Å². The summed E-state index contributed by atoms with van der Waals surface area (Å²) in [6.45, 7) is 5.78. The van der Waals surface area contributed by atoms with Gasteiger partial charge in [-0.25, -0.2) is 0 Å². The molecule has 0 aliphatic carbocycles. The van der Waals surface area contributed by atoms with Gasteiger partial charge in [0.2, 0.25) is 0 Å². The van der Waals surface area contributed by atoms with E-state index in [-0.39, 0.29) is 12.1 Å². The van der Waals surface area contributed by atoms with Crippen molar-refractivity contribution in [2.75, 3.05) is 20.3 Å². The van der Waals surface area contributed by atoms with Gasteiger partial charge in [0, 0.05) is 18.0 Å². The molecule has 0 saturated carbocycles. The van der Waals surface area contributed by atoms with E-state index in [4.69, 9.17) is 14.5 Å². The smallest absolute Gasteiger partial charge is 0.174 e. The van der Waals surface area contributed by atoms with Crippen LogP contribution in [0.25, 0.3) is 0 Å². The standard InChI is InChI=1S/C20H22BrN3O2S/c1-4-26-16-10-13(9-14(21)19(16)25-3)18-17(15-7-5-6-8-22-15)23-20-24(18)11-12(2)27-20/h5-10,12,17-18H,4,11H2,1-3H3/t12-,17-,18+/m0/s1. The predicted molar refractivity (Wildman–Crippen MR) is 113 cm³/mol. The number of amidine groups is 1. The molecule has 3 heterocycles. The van der Waals surface area contributed by atoms with Crippen molar-refractivity contribution in [3.63, 3.8) is 0 Å². The molecule has 4 rings (SSSR count). The fourth-order valence-corrected chi connectivity index (χ4v) is 5.41. The molecule has 2 aromatic rings. The van der Waals surface area contributed by atoms with Crippen LogP contribution < -0.4 is 9.47 Å². The van der Waals surface area contributed by atoms with Gasteiger partial charge in [-0.3, -0.25) is 9.98 Å². The first-order valence-corrected chi connectivity index (χ1v) is 10.7. The van der Waals surface area contributed by atoms with E-state index < -0.39 is 0 Å². The summed E-state index contributed by atoms with van der Waals surface area (Å²) in [6, 6.07) is 10.3. The van der Waals surface area contributed by atoms with Crippen molar-refractivity contribution in [3.8, 4) is 11.5 Å². The summed E-state index contributed by atoms with van der Waals surface area (Å²) in [5.41, 5.74) is 2.14. The van der Waals surface area contributed by atoms with Gasteiger partial charge in [-0.15, -0.1) is 0 Å². The molecule has 0 unspecified atom stereocenters. The summed E-state index contributed by atoms with van der Waals surface area (Å²) >= 11 is 5.49. The number of ether oxygens (including phenoxy) is 2. The van der Waals surface area contributed by atoms with Crippen molar-refractivity contribution in [3.05, 3.63) is 52.3 Å². The highest BCUT2D eigenvalue weighted by Gasteiger charge is 2.43. The molecule has 1 fully saturated rings. The van der Waals surface area contributed by atoms with Crippen molar-refractivity contribution in [1.29, 1.82) is 0 Å². The average molecular weight is 448 g/mol. The number of halogens is 1. The van der Waals surface area contributed by atoms with Gasteiger partial charge in [-0.2, -0.15) is 0 Å². The number of hydrogen-bond acceptors (Lipinski definition) is 6. The van der Waals surface area contributed by atoms with Crippen molar-refractivity contribution in [2.24, 2.45) is 4.99 Å². The average Bonchev–Trinajstić information content (AvgIpc) is 3.18. The Labute approximate surface area is 172 Å². The maximum atomic E-state index is 5.85. The van der Waals surface area contributed by atoms with Crippen LogP contribution in [0.3, 0.4) is 0 Å². The zero-order valence-corrected chi connectivity index (χ0v) is 18.0. The van der Waals surface area contributed by atoms with Crippen LogP contribution in [0, 0.1) is 0 Å². The van der Waals surface area contributed by atoms with Gasteiger partial charge >= 0.3 is 0 Å². The largest absolute Gasteiger partial charge is 0.492 e. The van der Waals surface area contributed by atoms with E-state index in [1.54, 1.807) is 7.11 Å². The minimum Gasteiger partial charge on any atom is -0.492 e. The van der Waals surface area contributed by atoms with Crippen LogP contribution in [0.1, 0.15) is 37.2 Å². The van der Waals surface area contributed by atoms with E-state index in [1.165, 1.54) is 0 Å². The summed E-state index contributed by atoms with van der Waals surface area (Å²) in [4.78, 5) is 12.0. The third-order valence-electron chi connectivity index (χ3n) is 4.76. The quantitative estimate of drug-likeness (QED) is 0.655. The molecular formula is C20H22BrN3O2S. The molecule has 1 saturated heterocycles. The Hall–Kier alpha value is -1.73. The zero-order chi connectivity index (χ0) is 19.0. The maximum Gasteiger partial charge on any atom is 0.174 e. The Kier molecular flexibility index (Phi) is 5.32. The minimum atomic E-state index is -0.0315. The van der Waals surface area contributed by atoms with Crippen LogP contribution in [-0.4, -0.2) is 40.6 Å². The monoisotopic (exact) mass is 447 g/mol. The number of aromatic nitrogens is 1. The van der Waals surface area contributed by atoms with Crippen LogP contribution in [-0.2, 0) is 0 Å². The number of rotatable bonds is 5. The molecule has 0 amide bonds. The molecule has 2 aliphatic rings. The summed E-state index contributed by atoms with van der Waals surface area (Å²) in [6.07, 6.45) is 1.83. The topological polar surface area (TPSA) is 47.0 Å². The molecule has 2 aliphatic heterocycles. The Morgan fingerprint density at radius 3 is 2.89 bits per heavy atom. The lowest BCUT2D eigenvalue weighted by atomic mass is 9.96. The highest BCUT2D eigenvalue weighted by molar-refractivity contribution is 9.10. The van der Waals surface area contributed by atoms with Gasteiger partial charge in [-0.1, -0.05) is 24.8 Å². The summed E-state index contributed by atoms with van der Waals surface area (Å²) < 4.78 is 12.3. The van der Waals surface area contributed by atoms with Crippen molar-refractivity contribution >= 4 is 32.9 Å². The van der Waals surface area contributed by atoms with E-state index in [2.05, 4.69) is 50.9 Å². The van der Waals surface area contributed by atoms with Gasteiger partial charge in [0.1, 0.15) is 6.04 Å². The summed E-state index contributed by atoms with van der Waals surface area (Å²) in [5, 5.41) is 1.64. The number of methoxy groups -OCH3 is 1. The lowest BCUT2D eigenvalue weighted by Gasteiger charge is -2.28. The first kappa shape index (κ1) is 18.6. The molecule has 0 N–H and O–H groups in total. The molecule has 27 heavy (non-hydrogen) atoms.